The number of anilines is 1. The van der Waals surface area contributed by atoms with Crippen LogP contribution in [0.2, 0.25) is 0 Å². The van der Waals surface area contributed by atoms with Gasteiger partial charge in [-0.15, -0.1) is 0 Å². The molecule has 0 aliphatic carbocycles. The van der Waals surface area contributed by atoms with Crippen LogP contribution in [0, 0.1) is 0 Å². The molecule has 0 atom stereocenters. The lowest BCUT2D eigenvalue weighted by molar-refractivity contribution is -0.113. The summed E-state index contributed by atoms with van der Waals surface area (Å²) in [6.45, 7) is 0. The molecule has 0 unspecified atom stereocenters. The zero-order valence-electron chi connectivity index (χ0n) is 8.70. The topological polar surface area (TPSA) is 101 Å². The zero-order valence-corrected chi connectivity index (χ0v) is 10.9. The standard InChI is InChI=1S/C10H10IN3O3/c11-5-8(15)13-7-3-1-6(2-4-7)9(16)14-10(12)17/h1-4H,5H2,(H,13,15)(H3,12,14,16,17). The van der Waals surface area contributed by atoms with Crippen LogP contribution in [0.15, 0.2) is 24.3 Å². The Kier molecular flexibility index (Phi) is 4.88. The van der Waals surface area contributed by atoms with Crippen molar-refractivity contribution in [2.75, 3.05) is 9.74 Å². The van der Waals surface area contributed by atoms with Crippen LogP contribution in [0.1, 0.15) is 10.4 Å². The van der Waals surface area contributed by atoms with Gasteiger partial charge in [0.2, 0.25) is 5.91 Å². The fraction of sp³-hybridized carbons (Fsp3) is 0.100. The normalized spacial score (nSPS) is 9.47. The number of alkyl halides is 1. The van der Waals surface area contributed by atoms with E-state index in [-0.39, 0.29) is 11.5 Å². The highest BCUT2D eigenvalue weighted by Gasteiger charge is 2.07. The van der Waals surface area contributed by atoms with Crippen LogP contribution in [0.5, 0.6) is 0 Å². The maximum absolute atomic E-state index is 11.3. The summed E-state index contributed by atoms with van der Waals surface area (Å²) in [6.07, 6.45) is 0. The molecule has 1 aromatic rings. The van der Waals surface area contributed by atoms with Gasteiger partial charge < -0.3 is 11.1 Å². The molecule has 4 N–H and O–H groups in total. The van der Waals surface area contributed by atoms with Crippen molar-refractivity contribution < 1.29 is 14.4 Å². The smallest absolute Gasteiger partial charge is 0.319 e. The number of urea groups is 1. The molecule has 0 aromatic heterocycles. The Labute approximate surface area is 111 Å². The van der Waals surface area contributed by atoms with E-state index in [9.17, 15) is 14.4 Å². The van der Waals surface area contributed by atoms with E-state index in [1.165, 1.54) is 12.1 Å². The average Bonchev–Trinajstić information content (AvgIpc) is 2.28. The number of hydrogen-bond donors (Lipinski definition) is 3. The maximum atomic E-state index is 11.3. The molecule has 0 saturated carbocycles. The molecule has 7 heteroatoms. The number of amides is 4. The molecule has 90 valence electrons. The van der Waals surface area contributed by atoms with Crippen LogP contribution in [-0.4, -0.2) is 22.3 Å². The fourth-order valence-electron chi connectivity index (χ4n) is 1.08. The molecule has 6 nitrogen and oxygen atoms in total. The van der Waals surface area contributed by atoms with E-state index in [1.807, 2.05) is 27.9 Å². The van der Waals surface area contributed by atoms with E-state index in [4.69, 9.17) is 5.73 Å². The van der Waals surface area contributed by atoms with E-state index in [2.05, 4.69) is 5.32 Å². The summed E-state index contributed by atoms with van der Waals surface area (Å²) in [5.41, 5.74) is 5.69. The number of primary amides is 1. The number of carbonyl (C=O) groups is 3. The largest absolute Gasteiger partial charge is 0.351 e. The van der Waals surface area contributed by atoms with E-state index in [1.54, 1.807) is 12.1 Å². The van der Waals surface area contributed by atoms with Crippen LogP contribution >= 0.6 is 22.6 Å². The number of nitrogens with one attached hydrogen (secondary N) is 2. The summed E-state index contributed by atoms with van der Waals surface area (Å²) in [5.74, 6) is -0.704. The third-order valence-electron chi connectivity index (χ3n) is 1.79. The number of rotatable bonds is 3. The van der Waals surface area contributed by atoms with Crippen molar-refractivity contribution >= 4 is 46.1 Å². The molecule has 0 aliphatic rings. The van der Waals surface area contributed by atoms with Gasteiger partial charge in [0.1, 0.15) is 0 Å². The van der Waals surface area contributed by atoms with Crippen LogP contribution in [0.3, 0.4) is 0 Å². The minimum Gasteiger partial charge on any atom is -0.351 e. The van der Waals surface area contributed by atoms with Gasteiger partial charge in [0.25, 0.3) is 5.91 Å². The third-order valence-corrected chi connectivity index (χ3v) is 2.48. The minimum atomic E-state index is -0.905. The lowest BCUT2D eigenvalue weighted by Gasteiger charge is -2.04. The molecule has 0 bridgehead atoms. The van der Waals surface area contributed by atoms with Gasteiger partial charge in [-0.25, -0.2) is 4.79 Å². The van der Waals surface area contributed by atoms with Gasteiger partial charge >= 0.3 is 6.03 Å². The van der Waals surface area contributed by atoms with Gasteiger partial charge in [-0.2, -0.15) is 0 Å². The average molecular weight is 347 g/mol. The first kappa shape index (κ1) is 13.4. The summed E-state index contributed by atoms with van der Waals surface area (Å²) in [7, 11) is 0. The highest BCUT2D eigenvalue weighted by molar-refractivity contribution is 14.1. The highest BCUT2D eigenvalue weighted by Crippen LogP contribution is 2.09. The van der Waals surface area contributed by atoms with Gasteiger partial charge in [0, 0.05) is 11.3 Å². The Morgan fingerprint density at radius 3 is 2.24 bits per heavy atom. The molecule has 0 radical (unpaired) electrons. The number of nitrogens with two attached hydrogens (primary N) is 1. The molecule has 1 rings (SSSR count). The molecule has 0 heterocycles. The number of benzene rings is 1. The van der Waals surface area contributed by atoms with Crippen molar-refractivity contribution in [1.82, 2.24) is 5.32 Å². The Bertz CT molecular complexity index is 445. The van der Waals surface area contributed by atoms with Crippen molar-refractivity contribution in [1.29, 1.82) is 0 Å². The van der Waals surface area contributed by atoms with Crippen LogP contribution in [-0.2, 0) is 4.79 Å². The first-order chi connectivity index (χ1) is 8.02. The lowest BCUT2D eigenvalue weighted by atomic mass is 10.2. The molecule has 0 aliphatic heterocycles. The highest BCUT2D eigenvalue weighted by atomic mass is 127. The second kappa shape index (κ2) is 6.18. The first-order valence-electron chi connectivity index (χ1n) is 4.59. The molecule has 0 spiro atoms. The predicted molar refractivity (Wildman–Crippen MR) is 71.0 cm³/mol. The first-order valence-corrected chi connectivity index (χ1v) is 6.12. The quantitative estimate of drug-likeness (QED) is 0.559. The minimum absolute atomic E-state index is 0.125. The monoisotopic (exact) mass is 347 g/mol. The van der Waals surface area contributed by atoms with E-state index < -0.39 is 11.9 Å². The third kappa shape index (κ3) is 4.39. The molecule has 4 amide bonds. The van der Waals surface area contributed by atoms with Gasteiger partial charge in [-0.3, -0.25) is 14.9 Å². The van der Waals surface area contributed by atoms with Gasteiger partial charge in [0.05, 0.1) is 4.43 Å². The van der Waals surface area contributed by atoms with Crippen LogP contribution in [0.4, 0.5) is 10.5 Å². The SMILES string of the molecule is NC(=O)NC(=O)c1ccc(NC(=O)CI)cc1. The molecule has 0 fully saturated rings. The van der Waals surface area contributed by atoms with Crippen molar-refractivity contribution in [3.63, 3.8) is 0 Å². The Morgan fingerprint density at radius 2 is 1.76 bits per heavy atom. The van der Waals surface area contributed by atoms with Crippen molar-refractivity contribution in [3.05, 3.63) is 29.8 Å². The summed E-state index contributed by atoms with van der Waals surface area (Å²) < 4.78 is 0.349. The number of halogens is 1. The summed E-state index contributed by atoms with van der Waals surface area (Å²) in [5, 5.41) is 4.57. The Balaban J connectivity index is 2.70. The number of carbonyl (C=O) groups excluding carboxylic acids is 3. The summed E-state index contributed by atoms with van der Waals surface area (Å²) in [6, 6.07) is 5.21. The molecule has 0 saturated heterocycles. The lowest BCUT2D eigenvalue weighted by Crippen LogP contribution is -2.34. The number of imide groups is 1. The van der Waals surface area contributed by atoms with E-state index in [0.717, 1.165) is 0 Å². The van der Waals surface area contributed by atoms with Crippen molar-refractivity contribution in [2.24, 2.45) is 5.73 Å². The number of hydrogen-bond acceptors (Lipinski definition) is 3. The molecule has 17 heavy (non-hydrogen) atoms. The van der Waals surface area contributed by atoms with E-state index >= 15 is 0 Å². The van der Waals surface area contributed by atoms with Gasteiger partial charge in [0.15, 0.2) is 0 Å². The molecule has 1 aromatic carbocycles. The molecular formula is C10H10IN3O3. The second-order valence-electron chi connectivity index (χ2n) is 3.08. The predicted octanol–water partition coefficient (Wildman–Crippen LogP) is 0.869. The Morgan fingerprint density at radius 1 is 1.18 bits per heavy atom. The van der Waals surface area contributed by atoms with E-state index in [0.29, 0.717) is 10.1 Å². The fourth-order valence-corrected chi connectivity index (χ4v) is 1.27. The second-order valence-corrected chi connectivity index (χ2v) is 3.84. The Hall–Kier alpha value is -1.64. The van der Waals surface area contributed by atoms with Gasteiger partial charge in [-0.05, 0) is 24.3 Å². The maximum Gasteiger partial charge on any atom is 0.319 e. The summed E-state index contributed by atoms with van der Waals surface area (Å²) in [4.78, 5) is 32.9. The zero-order chi connectivity index (χ0) is 12.8. The van der Waals surface area contributed by atoms with Crippen LogP contribution in [0.25, 0.3) is 0 Å². The van der Waals surface area contributed by atoms with Gasteiger partial charge in [-0.1, -0.05) is 22.6 Å². The summed E-state index contributed by atoms with van der Waals surface area (Å²) >= 11 is 1.94. The van der Waals surface area contributed by atoms with Crippen molar-refractivity contribution in [3.8, 4) is 0 Å². The van der Waals surface area contributed by atoms with Crippen molar-refractivity contribution in [2.45, 2.75) is 0 Å². The molecular weight excluding hydrogens is 337 g/mol. The van der Waals surface area contributed by atoms with Crippen LogP contribution < -0.4 is 16.4 Å².